The molecule has 0 amide bonds. The summed E-state index contributed by atoms with van der Waals surface area (Å²) in [5.74, 6) is -0.480. The lowest BCUT2D eigenvalue weighted by molar-refractivity contribution is 0.559. The minimum atomic E-state index is -0.480. The average molecular weight is 269 g/mol. The predicted octanol–water partition coefficient (Wildman–Crippen LogP) is 3.13. The van der Waals surface area contributed by atoms with Gasteiger partial charge in [-0.1, -0.05) is 0 Å². The van der Waals surface area contributed by atoms with E-state index in [-0.39, 0.29) is 11.6 Å². The Hall–Kier alpha value is -2.12. The number of nitriles is 1. The molecule has 0 bridgehead atoms. The maximum atomic E-state index is 13.5. The molecule has 0 aliphatic heterocycles. The van der Waals surface area contributed by atoms with Gasteiger partial charge in [0.2, 0.25) is 0 Å². The third-order valence-corrected chi connectivity index (χ3v) is 3.98. The number of aromatic nitrogens is 1. The summed E-state index contributed by atoms with van der Waals surface area (Å²) in [5, 5.41) is 8.97. The molecule has 4 heteroatoms. The highest BCUT2D eigenvalue weighted by Crippen LogP contribution is 2.33. The zero-order chi connectivity index (χ0) is 14.3. The molecule has 1 unspecified atom stereocenters. The molecule has 20 heavy (non-hydrogen) atoms. The van der Waals surface area contributed by atoms with Gasteiger partial charge in [0, 0.05) is 23.1 Å². The number of benzene rings is 1. The molecule has 1 aliphatic rings. The van der Waals surface area contributed by atoms with Crippen molar-refractivity contribution in [1.82, 2.24) is 4.57 Å². The van der Waals surface area contributed by atoms with E-state index in [1.807, 2.05) is 13.0 Å². The van der Waals surface area contributed by atoms with E-state index in [4.69, 9.17) is 11.0 Å². The molecule has 1 aliphatic carbocycles. The molecule has 2 N–H and O–H groups in total. The molecule has 3 rings (SSSR count). The molecule has 1 heterocycles. The lowest BCUT2D eigenvalue weighted by Crippen LogP contribution is -2.18. The van der Waals surface area contributed by atoms with Crippen molar-refractivity contribution >= 4 is 0 Å². The minimum absolute atomic E-state index is 0.0736. The van der Waals surface area contributed by atoms with Gasteiger partial charge in [0.1, 0.15) is 11.9 Å². The summed E-state index contributed by atoms with van der Waals surface area (Å²) in [6, 6.07) is 8.74. The first-order valence-corrected chi connectivity index (χ1v) is 6.78. The fraction of sp³-hybridized carbons (Fsp3) is 0.312. The molecule has 0 saturated heterocycles. The zero-order valence-electron chi connectivity index (χ0n) is 11.4. The van der Waals surface area contributed by atoms with Gasteiger partial charge in [-0.2, -0.15) is 5.26 Å². The van der Waals surface area contributed by atoms with Crippen LogP contribution in [0.2, 0.25) is 0 Å². The third-order valence-electron chi connectivity index (χ3n) is 3.98. The van der Waals surface area contributed by atoms with Crippen LogP contribution >= 0.6 is 0 Å². The van der Waals surface area contributed by atoms with Crippen LogP contribution in [-0.4, -0.2) is 4.57 Å². The van der Waals surface area contributed by atoms with Gasteiger partial charge in [0.15, 0.2) is 0 Å². The standard InChI is InChI=1S/C16H16FN3/c1-10-7-13-15(19)3-2-4-16(13)20(10)12-5-6-14(17)11(8-12)9-18/h5-8,15H,2-4,19H2,1H3. The van der Waals surface area contributed by atoms with Crippen LogP contribution in [0, 0.1) is 24.1 Å². The van der Waals surface area contributed by atoms with Crippen LogP contribution in [-0.2, 0) is 6.42 Å². The van der Waals surface area contributed by atoms with Crippen molar-refractivity contribution in [2.75, 3.05) is 0 Å². The van der Waals surface area contributed by atoms with Crippen molar-refractivity contribution in [3.05, 3.63) is 52.6 Å². The first-order chi connectivity index (χ1) is 9.61. The number of fused-ring (bicyclic) bond motifs is 1. The van der Waals surface area contributed by atoms with Gasteiger partial charge in [-0.15, -0.1) is 0 Å². The van der Waals surface area contributed by atoms with E-state index in [0.29, 0.717) is 0 Å². The Bertz CT molecular complexity index is 709. The van der Waals surface area contributed by atoms with E-state index in [1.54, 1.807) is 12.1 Å². The first-order valence-electron chi connectivity index (χ1n) is 6.78. The van der Waals surface area contributed by atoms with Crippen LogP contribution in [0.5, 0.6) is 0 Å². The minimum Gasteiger partial charge on any atom is -0.324 e. The first kappa shape index (κ1) is 12.9. The summed E-state index contributed by atoms with van der Waals surface area (Å²) >= 11 is 0. The summed E-state index contributed by atoms with van der Waals surface area (Å²) in [5.41, 5.74) is 10.5. The number of aryl methyl sites for hydroxylation is 1. The van der Waals surface area contributed by atoms with E-state index in [2.05, 4.69) is 10.6 Å². The van der Waals surface area contributed by atoms with Crippen LogP contribution in [0.4, 0.5) is 4.39 Å². The van der Waals surface area contributed by atoms with Gasteiger partial charge < -0.3 is 10.3 Å². The lowest BCUT2D eigenvalue weighted by Gasteiger charge is -2.21. The van der Waals surface area contributed by atoms with Crippen molar-refractivity contribution in [2.45, 2.75) is 32.2 Å². The zero-order valence-corrected chi connectivity index (χ0v) is 11.4. The fourth-order valence-corrected chi connectivity index (χ4v) is 3.03. The number of nitrogens with zero attached hydrogens (tertiary/aromatic N) is 2. The molecule has 0 fully saturated rings. The van der Waals surface area contributed by atoms with E-state index >= 15 is 0 Å². The Morgan fingerprint density at radius 2 is 2.20 bits per heavy atom. The second-order valence-corrected chi connectivity index (χ2v) is 5.30. The summed E-state index contributed by atoms with van der Waals surface area (Å²) in [6.07, 6.45) is 3.03. The quantitative estimate of drug-likeness (QED) is 0.864. The maximum Gasteiger partial charge on any atom is 0.141 e. The number of hydrogen-bond acceptors (Lipinski definition) is 2. The van der Waals surface area contributed by atoms with Crippen molar-refractivity contribution in [3.63, 3.8) is 0 Å². The van der Waals surface area contributed by atoms with Crippen molar-refractivity contribution < 1.29 is 4.39 Å². The van der Waals surface area contributed by atoms with Gasteiger partial charge >= 0.3 is 0 Å². The Labute approximate surface area is 117 Å². The number of rotatable bonds is 1. The van der Waals surface area contributed by atoms with Gasteiger partial charge in [0.25, 0.3) is 0 Å². The van der Waals surface area contributed by atoms with E-state index in [0.717, 1.165) is 30.6 Å². The molecule has 2 aromatic rings. The van der Waals surface area contributed by atoms with Crippen LogP contribution in [0.3, 0.4) is 0 Å². The molecule has 102 valence electrons. The Morgan fingerprint density at radius 3 is 2.95 bits per heavy atom. The van der Waals surface area contributed by atoms with Crippen LogP contribution < -0.4 is 5.73 Å². The molecule has 1 aromatic heterocycles. The lowest BCUT2D eigenvalue weighted by atomic mass is 9.93. The molecule has 1 atom stereocenters. The highest BCUT2D eigenvalue weighted by atomic mass is 19.1. The van der Waals surface area contributed by atoms with Gasteiger partial charge in [-0.3, -0.25) is 0 Å². The normalized spacial score (nSPS) is 17.6. The summed E-state index contributed by atoms with van der Waals surface area (Å²) < 4.78 is 15.6. The van der Waals surface area contributed by atoms with E-state index in [1.165, 1.54) is 17.3 Å². The van der Waals surface area contributed by atoms with Crippen LogP contribution in [0.1, 0.15) is 41.4 Å². The van der Waals surface area contributed by atoms with Crippen LogP contribution in [0.25, 0.3) is 5.69 Å². The third kappa shape index (κ3) is 1.91. The topological polar surface area (TPSA) is 54.7 Å². The Balaban J connectivity index is 2.18. The number of halogens is 1. The van der Waals surface area contributed by atoms with E-state index in [9.17, 15) is 4.39 Å². The molecular weight excluding hydrogens is 253 g/mol. The fourth-order valence-electron chi connectivity index (χ4n) is 3.03. The van der Waals surface area contributed by atoms with Gasteiger partial charge in [-0.05, 0) is 56.0 Å². The molecule has 0 spiro atoms. The Morgan fingerprint density at radius 1 is 1.40 bits per heavy atom. The Kier molecular flexibility index (Phi) is 3.07. The van der Waals surface area contributed by atoms with Crippen molar-refractivity contribution in [2.24, 2.45) is 5.73 Å². The second kappa shape index (κ2) is 4.77. The second-order valence-electron chi connectivity index (χ2n) is 5.30. The van der Waals surface area contributed by atoms with Crippen LogP contribution in [0.15, 0.2) is 24.3 Å². The summed E-state index contributed by atoms with van der Waals surface area (Å²) in [7, 11) is 0. The molecule has 3 nitrogen and oxygen atoms in total. The SMILES string of the molecule is Cc1cc2c(n1-c1ccc(F)c(C#N)c1)CCCC2N. The van der Waals surface area contributed by atoms with Gasteiger partial charge in [-0.25, -0.2) is 4.39 Å². The highest BCUT2D eigenvalue weighted by Gasteiger charge is 2.23. The largest absolute Gasteiger partial charge is 0.324 e. The average Bonchev–Trinajstić information content (AvgIpc) is 2.77. The van der Waals surface area contributed by atoms with Crippen molar-refractivity contribution in [1.29, 1.82) is 5.26 Å². The summed E-state index contributed by atoms with van der Waals surface area (Å²) in [4.78, 5) is 0. The predicted molar refractivity (Wildman–Crippen MR) is 75.0 cm³/mol. The van der Waals surface area contributed by atoms with E-state index < -0.39 is 5.82 Å². The molecule has 0 radical (unpaired) electrons. The number of nitrogens with two attached hydrogens (primary N) is 1. The highest BCUT2D eigenvalue weighted by molar-refractivity contribution is 5.47. The molecule has 0 saturated carbocycles. The van der Waals surface area contributed by atoms with Gasteiger partial charge in [0.05, 0.1) is 5.56 Å². The smallest absolute Gasteiger partial charge is 0.141 e. The number of hydrogen-bond donors (Lipinski definition) is 1. The monoisotopic (exact) mass is 269 g/mol. The molecular formula is C16H16FN3. The van der Waals surface area contributed by atoms with Crippen molar-refractivity contribution in [3.8, 4) is 11.8 Å². The summed E-state index contributed by atoms with van der Waals surface area (Å²) in [6.45, 7) is 2.01. The molecule has 1 aromatic carbocycles. The maximum absolute atomic E-state index is 13.5.